The molecule has 1 aromatic heterocycles. The number of nitrogen functional groups attached to an aromatic ring is 1. The van der Waals surface area contributed by atoms with Crippen LogP contribution in [-0.2, 0) is 39.3 Å². The van der Waals surface area contributed by atoms with Crippen molar-refractivity contribution in [3.05, 3.63) is 28.7 Å². The van der Waals surface area contributed by atoms with E-state index in [9.17, 15) is 4.79 Å². The van der Waals surface area contributed by atoms with Gasteiger partial charge in [-0.1, -0.05) is 6.20 Å². The van der Waals surface area contributed by atoms with E-state index in [0.717, 1.165) is 0 Å². The number of nitrogens with zero attached hydrogens (tertiary/aromatic N) is 1. The number of hydrogen-bond donors (Lipinski definition) is 2. The van der Waals surface area contributed by atoms with Crippen LogP contribution in [0.1, 0.15) is 0 Å². The Kier molecular flexibility index (Phi) is 5.37. The molecule has 3 N–H and O–H groups in total. The third-order valence-corrected chi connectivity index (χ3v) is 1.29. The molecular weight excluding hydrogens is 233 g/mol. The molecule has 0 bridgehead atoms. The van der Waals surface area contributed by atoms with Gasteiger partial charge in [0, 0.05) is 39.3 Å². The Morgan fingerprint density at radius 2 is 2.33 bits per heavy atom. The third-order valence-electron chi connectivity index (χ3n) is 1.29. The number of rotatable bonds is 2. The van der Waals surface area contributed by atoms with Gasteiger partial charge in [-0.2, -0.15) is 0 Å². The normalized spacial score (nSPS) is 9.08. The van der Waals surface area contributed by atoms with Gasteiger partial charge in [-0.05, 0) is 0 Å². The maximum atomic E-state index is 11.0. The first-order valence-corrected chi connectivity index (χ1v) is 3.22. The summed E-state index contributed by atoms with van der Waals surface area (Å²) in [6.07, 6.45) is 1.44. The number of nitrogens with two attached hydrogens (primary N) is 1. The summed E-state index contributed by atoms with van der Waals surface area (Å²) in [4.78, 5) is 11.0. The second-order valence-electron chi connectivity index (χ2n) is 2.13. The summed E-state index contributed by atoms with van der Waals surface area (Å²) < 4.78 is 1.34. The summed E-state index contributed by atoms with van der Waals surface area (Å²) in [5.41, 5.74) is 5.40. The summed E-state index contributed by atoms with van der Waals surface area (Å²) in [6, 6.07) is 3.93. The SMILES string of the molecule is Nc1[c-]cn(CCO)c(=O)c1.[Y]. The van der Waals surface area contributed by atoms with E-state index < -0.39 is 0 Å². The Morgan fingerprint density at radius 1 is 1.67 bits per heavy atom. The van der Waals surface area contributed by atoms with Gasteiger partial charge in [0.2, 0.25) is 0 Å². The molecule has 0 aliphatic rings. The number of aliphatic hydroxyl groups is 1. The van der Waals surface area contributed by atoms with Gasteiger partial charge in [0.1, 0.15) is 0 Å². The van der Waals surface area contributed by atoms with Crippen LogP contribution in [-0.4, -0.2) is 16.3 Å². The molecule has 0 aliphatic carbocycles. The third kappa shape index (κ3) is 3.05. The predicted octanol–water partition coefficient (Wildman–Crippen LogP) is -0.780. The fourth-order valence-electron chi connectivity index (χ4n) is 0.756. The molecule has 63 valence electrons. The first-order chi connectivity index (χ1) is 5.24. The molecule has 0 aromatic carbocycles. The standard InChI is InChI=1S/C7H9N2O2.Y/c8-6-1-2-9(3-4-10)7(11)5-6;/h2,5,10H,3-4,8H2;/q-1;. The van der Waals surface area contributed by atoms with E-state index in [1.807, 2.05) is 0 Å². The molecule has 0 fully saturated rings. The number of aliphatic hydroxyl groups excluding tert-OH is 1. The Morgan fingerprint density at radius 3 is 2.83 bits per heavy atom. The molecule has 1 radical (unpaired) electrons. The van der Waals surface area contributed by atoms with Crippen molar-refractivity contribution in [3.63, 3.8) is 0 Å². The zero-order chi connectivity index (χ0) is 8.27. The Labute approximate surface area is 95.3 Å². The monoisotopic (exact) mass is 242 g/mol. The molecule has 12 heavy (non-hydrogen) atoms. The van der Waals surface area contributed by atoms with Crippen LogP contribution in [0.3, 0.4) is 0 Å². The molecule has 5 heteroatoms. The first kappa shape index (κ1) is 11.8. The van der Waals surface area contributed by atoms with E-state index in [-0.39, 0.29) is 51.4 Å². The van der Waals surface area contributed by atoms with E-state index in [1.54, 1.807) is 0 Å². The van der Waals surface area contributed by atoms with Crippen molar-refractivity contribution < 1.29 is 37.8 Å². The van der Waals surface area contributed by atoms with Crippen LogP contribution < -0.4 is 11.3 Å². The van der Waals surface area contributed by atoms with Crippen molar-refractivity contribution in [3.8, 4) is 0 Å². The Hall–Kier alpha value is -0.186. The minimum Gasteiger partial charge on any atom is -0.431 e. The van der Waals surface area contributed by atoms with E-state index >= 15 is 0 Å². The molecule has 1 rings (SSSR count). The zero-order valence-corrected chi connectivity index (χ0v) is 9.36. The fourth-order valence-corrected chi connectivity index (χ4v) is 0.756. The second kappa shape index (κ2) is 5.46. The van der Waals surface area contributed by atoms with Crippen LogP contribution in [0.25, 0.3) is 0 Å². The minimum absolute atomic E-state index is 0. The van der Waals surface area contributed by atoms with E-state index in [2.05, 4.69) is 6.07 Å². The quantitative estimate of drug-likeness (QED) is 0.668. The van der Waals surface area contributed by atoms with Gasteiger partial charge in [0.15, 0.2) is 5.56 Å². The largest absolute Gasteiger partial charge is 0.431 e. The van der Waals surface area contributed by atoms with Crippen LogP contribution in [0.5, 0.6) is 0 Å². The van der Waals surface area contributed by atoms with Crippen molar-refractivity contribution in [1.29, 1.82) is 0 Å². The average Bonchev–Trinajstić information content (AvgIpc) is 1.95. The van der Waals surface area contributed by atoms with Crippen molar-refractivity contribution in [1.82, 2.24) is 4.57 Å². The van der Waals surface area contributed by atoms with Crippen molar-refractivity contribution in [2.45, 2.75) is 6.54 Å². The van der Waals surface area contributed by atoms with Gasteiger partial charge in [0.05, 0.1) is 6.61 Å². The molecule has 0 aliphatic heterocycles. The van der Waals surface area contributed by atoms with E-state index in [0.29, 0.717) is 5.69 Å². The van der Waals surface area contributed by atoms with Crippen LogP contribution in [0, 0.1) is 6.07 Å². The number of aromatic nitrogens is 1. The maximum Gasteiger partial charge on any atom is 0.169 e. The second-order valence-corrected chi connectivity index (χ2v) is 2.13. The average molecular weight is 242 g/mol. The van der Waals surface area contributed by atoms with Gasteiger partial charge in [0.25, 0.3) is 0 Å². The molecule has 0 unspecified atom stereocenters. The van der Waals surface area contributed by atoms with Crippen LogP contribution >= 0.6 is 0 Å². The molecule has 0 atom stereocenters. The summed E-state index contributed by atoms with van der Waals surface area (Å²) in [5.74, 6) is 0. The number of anilines is 1. The Balaban J connectivity index is 0.00000121. The van der Waals surface area contributed by atoms with Gasteiger partial charge in [-0.3, -0.25) is 4.79 Å². The first-order valence-electron chi connectivity index (χ1n) is 3.22. The topological polar surface area (TPSA) is 68.2 Å². The molecule has 1 heterocycles. The molecule has 0 amide bonds. The molecule has 4 nitrogen and oxygen atoms in total. The zero-order valence-electron chi connectivity index (χ0n) is 6.53. The minimum atomic E-state index is -0.213. The summed E-state index contributed by atoms with van der Waals surface area (Å²) in [6.45, 7) is 0.229. The van der Waals surface area contributed by atoms with E-state index in [1.165, 1.54) is 16.8 Å². The van der Waals surface area contributed by atoms with Gasteiger partial charge < -0.3 is 15.4 Å². The van der Waals surface area contributed by atoms with Crippen molar-refractivity contribution in [2.24, 2.45) is 0 Å². The van der Waals surface area contributed by atoms with Gasteiger partial charge in [-0.25, -0.2) is 6.07 Å². The van der Waals surface area contributed by atoms with Crippen LogP contribution in [0.4, 0.5) is 5.69 Å². The molecular formula is C7H9N2O2Y-. The maximum absolute atomic E-state index is 11.0. The molecule has 0 saturated heterocycles. The summed E-state index contributed by atoms with van der Waals surface area (Å²) in [7, 11) is 0. The van der Waals surface area contributed by atoms with Gasteiger partial charge in [-0.15, -0.1) is 11.8 Å². The number of pyridine rings is 1. The Bertz CT molecular complexity index is 298. The summed E-state index contributed by atoms with van der Waals surface area (Å²) >= 11 is 0. The smallest absolute Gasteiger partial charge is 0.169 e. The molecule has 0 saturated carbocycles. The number of hydrogen-bond acceptors (Lipinski definition) is 3. The predicted molar refractivity (Wildman–Crippen MR) is 41.0 cm³/mol. The van der Waals surface area contributed by atoms with Crippen LogP contribution in [0.2, 0.25) is 0 Å². The molecule has 1 aromatic rings. The van der Waals surface area contributed by atoms with Gasteiger partial charge >= 0.3 is 0 Å². The van der Waals surface area contributed by atoms with Crippen LogP contribution in [0.15, 0.2) is 17.1 Å². The fraction of sp³-hybridized carbons (Fsp3) is 0.286. The van der Waals surface area contributed by atoms with Crippen molar-refractivity contribution >= 4 is 5.69 Å². The summed E-state index contributed by atoms with van der Waals surface area (Å²) in [5, 5.41) is 8.51. The van der Waals surface area contributed by atoms with E-state index in [4.69, 9.17) is 10.8 Å². The van der Waals surface area contributed by atoms with Crippen molar-refractivity contribution in [2.75, 3.05) is 12.3 Å². The molecule has 0 spiro atoms.